The largest absolute Gasteiger partial charge is 0.337 e. The van der Waals surface area contributed by atoms with E-state index in [4.69, 9.17) is 0 Å². The summed E-state index contributed by atoms with van der Waals surface area (Å²) < 4.78 is 0. The smallest absolute Gasteiger partial charge is 0.236 e. The van der Waals surface area contributed by atoms with Gasteiger partial charge in [0.15, 0.2) is 0 Å². The molecule has 16 heavy (non-hydrogen) atoms. The molecular formula is C12H19BrN2O. The number of rotatable bonds is 1. The van der Waals surface area contributed by atoms with Crippen LogP contribution in [-0.2, 0) is 4.79 Å². The number of piperidine rings is 1. The van der Waals surface area contributed by atoms with Gasteiger partial charge in [-0.2, -0.15) is 0 Å². The molecule has 3 heterocycles. The molecule has 0 N–H and O–H groups in total. The van der Waals surface area contributed by atoms with E-state index in [1.165, 1.54) is 32.4 Å². The van der Waals surface area contributed by atoms with Gasteiger partial charge in [-0.05, 0) is 38.6 Å². The molecule has 3 aliphatic heterocycles. The Kier molecular flexibility index (Phi) is 2.96. The molecule has 3 aliphatic rings. The van der Waals surface area contributed by atoms with Crippen molar-refractivity contribution in [3.8, 4) is 0 Å². The van der Waals surface area contributed by atoms with Crippen LogP contribution < -0.4 is 0 Å². The summed E-state index contributed by atoms with van der Waals surface area (Å²) >= 11 is 3.51. The first kappa shape index (κ1) is 11.0. The van der Waals surface area contributed by atoms with Crippen LogP contribution in [0.15, 0.2) is 0 Å². The number of hydrogen-bond acceptors (Lipinski definition) is 2. The average Bonchev–Trinajstić information content (AvgIpc) is 2.84. The van der Waals surface area contributed by atoms with Crippen LogP contribution in [0.1, 0.15) is 32.1 Å². The molecule has 0 aromatic carbocycles. The summed E-state index contributed by atoms with van der Waals surface area (Å²) in [5.74, 6) is 0.338. The van der Waals surface area contributed by atoms with Gasteiger partial charge in [-0.25, -0.2) is 0 Å². The Morgan fingerprint density at radius 1 is 1.00 bits per heavy atom. The molecule has 0 aromatic rings. The number of carbonyl (C=O) groups is 1. The summed E-state index contributed by atoms with van der Waals surface area (Å²) in [4.78, 5) is 17.0. The van der Waals surface area contributed by atoms with E-state index in [2.05, 4.69) is 25.7 Å². The van der Waals surface area contributed by atoms with E-state index in [1.54, 1.807) is 0 Å². The predicted octanol–water partition coefficient (Wildman–Crippen LogP) is 1.61. The second kappa shape index (κ2) is 4.30. The summed E-state index contributed by atoms with van der Waals surface area (Å²) in [6.07, 6.45) is 5.97. The number of nitrogens with zero attached hydrogens (tertiary/aromatic N) is 2. The van der Waals surface area contributed by atoms with E-state index < -0.39 is 0 Å². The molecule has 3 unspecified atom stereocenters. The first-order valence-corrected chi connectivity index (χ1v) is 7.37. The van der Waals surface area contributed by atoms with Gasteiger partial charge in [0, 0.05) is 25.2 Å². The first-order valence-electron chi connectivity index (χ1n) is 6.46. The van der Waals surface area contributed by atoms with Gasteiger partial charge >= 0.3 is 0 Å². The van der Waals surface area contributed by atoms with Crippen LogP contribution in [0.25, 0.3) is 0 Å². The number of halogens is 1. The van der Waals surface area contributed by atoms with Crippen molar-refractivity contribution in [2.24, 2.45) is 0 Å². The minimum Gasteiger partial charge on any atom is -0.337 e. The summed E-state index contributed by atoms with van der Waals surface area (Å²) in [5.41, 5.74) is 0. The average molecular weight is 287 g/mol. The minimum absolute atomic E-state index is 0.0803. The lowest BCUT2D eigenvalue weighted by Crippen LogP contribution is -2.51. The Bertz CT molecular complexity index is 297. The number of likely N-dealkylation sites (tertiary alicyclic amines) is 1. The van der Waals surface area contributed by atoms with Crippen molar-refractivity contribution in [1.29, 1.82) is 0 Å². The Hall–Kier alpha value is -0.0900. The minimum atomic E-state index is 0.0803. The van der Waals surface area contributed by atoms with E-state index in [1.807, 2.05) is 0 Å². The molecule has 90 valence electrons. The highest BCUT2D eigenvalue weighted by molar-refractivity contribution is 9.10. The molecular weight excluding hydrogens is 268 g/mol. The fourth-order valence-electron chi connectivity index (χ4n) is 3.60. The van der Waals surface area contributed by atoms with Crippen molar-refractivity contribution in [1.82, 2.24) is 9.80 Å². The molecule has 1 amide bonds. The second-order valence-electron chi connectivity index (χ2n) is 5.24. The van der Waals surface area contributed by atoms with Crippen LogP contribution in [0, 0.1) is 0 Å². The molecule has 0 saturated carbocycles. The molecule has 0 aromatic heterocycles. The van der Waals surface area contributed by atoms with Crippen molar-refractivity contribution in [2.45, 2.75) is 49.0 Å². The van der Waals surface area contributed by atoms with Crippen molar-refractivity contribution >= 4 is 21.8 Å². The van der Waals surface area contributed by atoms with Crippen LogP contribution in [0.4, 0.5) is 0 Å². The third kappa shape index (κ3) is 1.70. The van der Waals surface area contributed by atoms with Gasteiger partial charge < -0.3 is 4.90 Å². The van der Waals surface area contributed by atoms with Gasteiger partial charge in [0.05, 0.1) is 4.83 Å². The fraction of sp³-hybridized carbons (Fsp3) is 0.917. The van der Waals surface area contributed by atoms with Crippen LogP contribution in [0.3, 0.4) is 0 Å². The quantitative estimate of drug-likeness (QED) is 0.684. The van der Waals surface area contributed by atoms with E-state index in [0.29, 0.717) is 18.0 Å². The number of amides is 1. The summed E-state index contributed by atoms with van der Waals surface area (Å²) in [5, 5.41) is 0. The molecule has 0 bridgehead atoms. The van der Waals surface area contributed by atoms with Crippen molar-refractivity contribution in [3.05, 3.63) is 0 Å². The molecule has 3 nitrogen and oxygen atoms in total. The van der Waals surface area contributed by atoms with Crippen molar-refractivity contribution in [3.63, 3.8) is 0 Å². The fourth-order valence-corrected chi connectivity index (χ4v) is 4.19. The van der Waals surface area contributed by atoms with Crippen LogP contribution >= 0.6 is 15.9 Å². The van der Waals surface area contributed by atoms with E-state index in [9.17, 15) is 4.79 Å². The zero-order chi connectivity index (χ0) is 11.1. The highest BCUT2D eigenvalue weighted by atomic mass is 79.9. The normalized spacial score (nSPS) is 40.4. The standard InChI is InChI=1S/C12H19BrN2O/c13-9-3-1-7-15(12(9)16)11-5-8-14-6-2-4-10(11)14/h9-11H,1-8H2. The predicted molar refractivity (Wildman–Crippen MR) is 66.7 cm³/mol. The lowest BCUT2D eigenvalue weighted by atomic mass is 10.0. The molecule has 3 fully saturated rings. The number of alkyl halides is 1. The van der Waals surface area contributed by atoms with Gasteiger partial charge in [-0.15, -0.1) is 0 Å². The van der Waals surface area contributed by atoms with Crippen molar-refractivity contribution in [2.75, 3.05) is 19.6 Å². The molecule has 3 rings (SSSR count). The zero-order valence-electron chi connectivity index (χ0n) is 9.57. The zero-order valence-corrected chi connectivity index (χ0v) is 11.2. The molecule has 4 heteroatoms. The Balaban J connectivity index is 1.74. The Labute approximate surface area is 105 Å². The highest BCUT2D eigenvalue weighted by Gasteiger charge is 2.43. The topological polar surface area (TPSA) is 23.6 Å². The number of fused-ring (bicyclic) bond motifs is 1. The maximum atomic E-state index is 12.2. The van der Waals surface area contributed by atoms with Crippen molar-refractivity contribution < 1.29 is 4.79 Å². The highest BCUT2D eigenvalue weighted by Crippen LogP contribution is 2.33. The summed E-state index contributed by atoms with van der Waals surface area (Å²) in [7, 11) is 0. The Morgan fingerprint density at radius 3 is 2.69 bits per heavy atom. The molecule has 0 aliphatic carbocycles. The first-order chi connectivity index (χ1) is 7.77. The molecule has 0 spiro atoms. The van der Waals surface area contributed by atoms with Gasteiger partial charge in [-0.1, -0.05) is 15.9 Å². The van der Waals surface area contributed by atoms with E-state index in [-0.39, 0.29) is 4.83 Å². The third-order valence-corrected chi connectivity index (χ3v) is 5.23. The maximum Gasteiger partial charge on any atom is 0.236 e. The summed E-state index contributed by atoms with van der Waals surface area (Å²) in [6.45, 7) is 3.43. The molecule has 3 saturated heterocycles. The number of hydrogen-bond donors (Lipinski definition) is 0. The van der Waals surface area contributed by atoms with Crippen LogP contribution in [0.5, 0.6) is 0 Å². The van der Waals surface area contributed by atoms with Gasteiger partial charge in [-0.3, -0.25) is 9.69 Å². The lowest BCUT2D eigenvalue weighted by Gasteiger charge is -2.37. The van der Waals surface area contributed by atoms with Crippen LogP contribution in [0.2, 0.25) is 0 Å². The van der Waals surface area contributed by atoms with Crippen LogP contribution in [-0.4, -0.2) is 52.3 Å². The van der Waals surface area contributed by atoms with E-state index in [0.717, 1.165) is 19.4 Å². The maximum absolute atomic E-state index is 12.2. The summed E-state index contributed by atoms with van der Waals surface area (Å²) in [6, 6.07) is 1.18. The SMILES string of the molecule is O=C1C(Br)CCCN1C1CCN2CCCC12. The second-order valence-corrected chi connectivity index (χ2v) is 6.35. The van der Waals surface area contributed by atoms with E-state index >= 15 is 0 Å². The number of carbonyl (C=O) groups excluding carboxylic acids is 1. The monoisotopic (exact) mass is 286 g/mol. The van der Waals surface area contributed by atoms with Gasteiger partial charge in [0.1, 0.15) is 0 Å². The molecule has 3 atom stereocenters. The van der Waals surface area contributed by atoms with Gasteiger partial charge in [0.25, 0.3) is 0 Å². The van der Waals surface area contributed by atoms with Gasteiger partial charge in [0.2, 0.25) is 5.91 Å². The molecule has 0 radical (unpaired) electrons. The lowest BCUT2D eigenvalue weighted by molar-refractivity contribution is -0.135. The Morgan fingerprint density at radius 2 is 1.81 bits per heavy atom. The third-order valence-electron chi connectivity index (χ3n) is 4.38.